The van der Waals surface area contributed by atoms with Crippen LogP contribution < -0.4 is 5.32 Å². The third-order valence-electron chi connectivity index (χ3n) is 3.91. The van der Waals surface area contributed by atoms with Crippen LogP contribution in [0.2, 0.25) is 0 Å². The molecule has 8 nitrogen and oxygen atoms in total. The molecule has 0 saturated heterocycles. The monoisotopic (exact) mass is 364 g/mol. The Morgan fingerprint density at radius 2 is 1.92 bits per heavy atom. The van der Waals surface area contributed by atoms with Crippen LogP contribution in [0.5, 0.6) is 0 Å². The first kappa shape index (κ1) is 20.7. The highest BCUT2D eigenvalue weighted by molar-refractivity contribution is 7.92. The fourth-order valence-corrected chi connectivity index (χ4v) is 3.84. The topological polar surface area (TPSA) is 137 Å². The van der Waals surface area contributed by atoms with Crippen LogP contribution in [-0.4, -0.2) is 55.2 Å². The molecule has 9 heteroatoms. The molecule has 1 amide bonds. The van der Waals surface area contributed by atoms with E-state index in [1.165, 1.54) is 0 Å². The number of amides is 1. The summed E-state index contributed by atoms with van der Waals surface area (Å²) in [4.78, 5) is 22.9. The van der Waals surface area contributed by atoms with E-state index < -0.39 is 39.0 Å². The summed E-state index contributed by atoms with van der Waals surface area (Å²) >= 11 is 0. The largest absolute Gasteiger partial charge is 0.480 e. The van der Waals surface area contributed by atoms with E-state index >= 15 is 0 Å². The van der Waals surface area contributed by atoms with Gasteiger partial charge in [-0.15, -0.1) is 0 Å². The maximum Gasteiger partial charge on any atom is 0.408 e. The van der Waals surface area contributed by atoms with Gasteiger partial charge in [0.05, 0.1) is 5.60 Å². The summed E-state index contributed by atoms with van der Waals surface area (Å²) in [5, 5.41) is 21.4. The van der Waals surface area contributed by atoms with Crippen molar-refractivity contribution in [3.05, 3.63) is 0 Å². The lowest BCUT2D eigenvalue weighted by Crippen LogP contribution is -2.44. The number of carbonyl (C=O) groups is 2. The van der Waals surface area contributed by atoms with Gasteiger partial charge >= 0.3 is 12.1 Å². The molecule has 1 aliphatic carbocycles. The Kier molecular flexibility index (Phi) is 6.63. The third-order valence-corrected chi connectivity index (χ3v) is 5.67. The van der Waals surface area contributed by atoms with Crippen LogP contribution in [0.3, 0.4) is 0 Å². The molecule has 0 aliphatic heterocycles. The maximum absolute atomic E-state index is 12.2. The number of aliphatic hydroxyl groups is 1. The van der Waals surface area contributed by atoms with Gasteiger partial charge in [0.25, 0.3) is 0 Å². The molecule has 1 fully saturated rings. The van der Waals surface area contributed by atoms with Gasteiger partial charge in [0.2, 0.25) is 0 Å². The van der Waals surface area contributed by atoms with Crippen molar-refractivity contribution in [3.63, 3.8) is 0 Å². The number of hydrogen-bond acceptors (Lipinski definition) is 6. The molecule has 2 atom stereocenters. The van der Waals surface area contributed by atoms with Gasteiger partial charge in [-0.05, 0) is 52.9 Å². The standard InChI is InChI=1S/C15H28N2O6S/c1-14(2,3)23-13(20)17-11(12(18)19)5-9-24(16,22)10-8-15(21)6-4-7-15/h11,16,21H,4-10H2,1-3H3,(H,17,20)(H,18,19)/t11?,24-/m1/s1. The maximum atomic E-state index is 12.2. The Morgan fingerprint density at radius 1 is 1.33 bits per heavy atom. The lowest BCUT2D eigenvalue weighted by Gasteiger charge is -2.36. The minimum absolute atomic E-state index is 0.0300. The lowest BCUT2D eigenvalue weighted by molar-refractivity contribution is -0.139. The second-order valence-corrected chi connectivity index (χ2v) is 9.81. The Balaban J connectivity index is 2.49. The number of carboxylic acid groups (broad SMARTS) is 1. The lowest BCUT2D eigenvalue weighted by atomic mass is 9.78. The second-order valence-electron chi connectivity index (χ2n) is 7.37. The molecule has 0 heterocycles. The normalized spacial score (nSPS) is 20.3. The summed E-state index contributed by atoms with van der Waals surface area (Å²) in [6.45, 7) is 4.97. The smallest absolute Gasteiger partial charge is 0.408 e. The fraction of sp³-hybridized carbons (Fsp3) is 0.867. The summed E-state index contributed by atoms with van der Waals surface area (Å²) in [5.41, 5.74) is -1.57. The van der Waals surface area contributed by atoms with E-state index in [0.717, 1.165) is 6.42 Å². The average Bonchev–Trinajstić information content (AvgIpc) is 2.36. The summed E-state index contributed by atoms with van der Waals surface area (Å²) in [6.07, 6.45) is 1.52. The predicted molar refractivity (Wildman–Crippen MR) is 89.4 cm³/mol. The molecule has 0 aromatic heterocycles. The molecule has 1 unspecified atom stereocenters. The van der Waals surface area contributed by atoms with Crippen molar-refractivity contribution in [2.24, 2.45) is 0 Å². The first-order valence-corrected chi connectivity index (χ1v) is 9.90. The molecular weight excluding hydrogens is 336 g/mol. The van der Waals surface area contributed by atoms with Gasteiger partial charge in [-0.3, -0.25) is 4.78 Å². The molecule has 0 aromatic carbocycles. The number of carboxylic acids is 1. The van der Waals surface area contributed by atoms with E-state index in [9.17, 15) is 18.9 Å². The number of rotatable bonds is 8. The van der Waals surface area contributed by atoms with E-state index in [-0.39, 0.29) is 24.3 Å². The molecule has 0 spiro atoms. The zero-order valence-electron chi connectivity index (χ0n) is 14.5. The van der Waals surface area contributed by atoms with Crippen molar-refractivity contribution in [1.82, 2.24) is 5.32 Å². The third kappa shape index (κ3) is 7.48. The van der Waals surface area contributed by atoms with E-state index in [1.807, 2.05) is 0 Å². The van der Waals surface area contributed by atoms with E-state index in [4.69, 9.17) is 14.6 Å². The zero-order chi connectivity index (χ0) is 18.6. The molecule has 4 N–H and O–H groups in total. The molecule has 0 aromatic rings. The number of aliphatic carboxylic acids is 1. The zero-order valence-corrected chi connectivity index (χ0v) is 15.3. The first-order valence-electron chi connectivity index (χ1n) is 8.01. The highest BCUT2D eigenvalue weighted by Crippen LogP contribution is 2.34. The molecule has 1 rings (SSSR count). The molecular formula is C15H28N2O6S. The van der Waals surface area contributed by atoms with Crippen molar-refractivity contribution >= 4 is 21.8 Å². The summed E-state index contributed by atoms with van der Waals surface area (Å²) < 4.78 is 25.1. The van der Waals surface area contributed by atoms with Gasteiger partial charge in [-0.25, -0.2) is 13.8 Å². The molecule has 24 heavy (non-hydrogen) atoms. The number of carbonyl (C=O) groups excluding carboxylic acids is 1. The predicted octanol–water partition coefficient (Wildman–Crippen LogP) is 1.71. The molecule has 140 valence electrons. The summed E-state index contributed by atoms with van der Waals surface area (Å²) in [6, 6.07) is -1.27. The summed E-state index contributed by atoms with van der Waals surface area (Å²) in [5.74, 6) is -1.40. The van der Waals surface area contributed by atoms with Gasteiger partial charge < -0.3 is 20.3 Å². The Morgan fingerprint density at radius 3 is 2.33 bits per heavy atom. The van der Waals surface area contributed by atoms with Crippen LogP contribution in [0.1, 0.15) is 52.9 Å². The van der Waals surface area contributed by atoms with E-state index in [2.05, 4.69) is 5.32 Å². The van der Waals surface area contributed by atoms with Gasteiger partial charge in [0, 0.05) is 21.2 Å². The van der Waals surface area contributed by atoms with Crippen LogP contribution in [-0.2, 0) is 19.3 Å². The van der Waals surface area contributed by atoms with Crippen LogP contribution in [0.15, 0.2) is 0 Å². The van der Waals surface area contributed by atoms with Crippen LogP contribution in [0.25, 0.3) is 0 Å². The van der Waals surface area contributed by atoms with Crippen LogP contribution >= 0.6 is 0 Å². The van der Waals surface area contributed by atoms with Crippen molar-refractivity contribution in [2.75, 3.05) is 11.5 Å². The number of hydrogen-bond donors (Lipinski definition) is 4. The van der Waals surface area contributed by atoms with Crippen LogP contribution in [0, 0.1) is 4.78 Å². The molecule has 0 bridgehead atoms. The van der Waals surface area contributed by atoms with Crippen molar-refractivity contribution in [1.29, 1.82) is 4.78 Å². The first-order chi connectivity index (χ1) is 10.8. The minimum Gasteiger partial charge on any atom is -0.480 e. The molecule has 1 aliphatic rings. The van der Waals surface area contributed by atoms with Crippen molar-refractivity contribution in [3.8, 4) is 0 Å². The Bertz CT molecular complexity index is 563. The van der Waals surface area contributed by atoms with Gasteiger partial charge in [-0.1, -0.05) is 0 Å². The SMILES string of the molecule is CC(C)(C)OC(=O)NC(CC[S@@](=N)(=O)CCC1(O)CCC1)C(=O)O. The molecule has 0 radical (unpaired) electrons. The van der Waals surface area contributed by atoms with E-state index in [0.29, 0.717) is 12.8 Å². The number of ether oxygens (including phenoxy) is 1. The average molecular weight is 364 g/mol. The van der Waals surface area contributed by atoms with Gasteiger partial charge in [-0.2, -0.15) is 0 Å². The van der Waals surface area contributed by atoms with Gasteiger partial charge in [0.1, 0.15) is 11.6 Å². The highest BCUT2D eigenvalue weighted by Gasteiger charge is 2.35. The second kappa shape index (κ2) is 7.69. The Labute approximate surface area is 142 Å². The minimum atomic E-state index is -3.01. The number of alkyl carbamates (subject to hydrolysis) is 1. The van der Waals surface area contributed by atoms with Crippen molar-refractivity contribution in [2.45, 2.75) is 70.1 Å². The quantitative estimate of drug-likeness (QED) is 0.517. The van der Waals surface area contributed by atoms with Crippen molar-refractivity contribution < 1.29 is 28.7 Å². The molecule has 1 saturated carbocycles. The van der Waals surface area contributed by atoms with Gasteiger partial charge in [0.15, 0.2) is 0 Å². The Hall–Kier alpha value is -1.35. The van der Waals surface area contributed by atoms with E-state index in [1.54, 1.807) is 20.8 Å². The highest BCUT2D eigenvalue weighted by atomic mass is 32.2. The summed E-state index contributed by atoms with van der Waals surface area (Å²) in [7, 11) is -3.01. The number of nitrogens with one attached hydrogen (secondary N) is 2. The van der Waals surface area contributed by atoms with Crippen LogP contribution in [0.4, 0.5) is 4.79 Å². The fourth-order valence-electron chi connectivity index (χ4n) is 2.31.